The zero-order chi connectivity index (χ0) is 20.3. The third-order valence-electron chi connectivity index (χ3n) is 4.55. The molecule has 1 unspecified atom stereocenters. The lowest BCUT2D eigenvalue weighted by Crippen LogP contribution is -2.40. The maximum absolute atomic E-state index is 13.0. The molecule has 0 aliphatic carbocycles. The van der Waals surface area contributed by atoms with E-state index in [4.69, 9.17) is 5.73 Å². The summed E-state index contributed by atoms with van der Waals surface area (Å²) in [7, 11) is 0. The molecule has 144 valence electrons. The van der Waals surface area contributed by atoms with Gasteiger partial charge in [0.15, 0.2) is 0 Å². The molecule has 0 radical (unpaired) electrons. The highest BCUT2D eigenvalue weighted by Crippen LogP contribution is 2.31. The van der Waals surface area contributed by atoms with Crippen molar-refractivity contribution in [2.75, 3.05) is 10.2 Å². The predicted octanol–water partition coefficient (Wildman–Crippen LogP) is 3.41. The molecule has 0 spiro atoms. The summed E-state index contributed by atoms with van der Waals surface area (Å²) in [6, 6.07) is 16.1. The van der Waals surface area contributed by atoms with Crippen molar-refractivity contribution in [2.24, 2.45) is 16.6 Å². The molecule has 0 aromatic heterocycles. The van der Waals surface area contributed by atoms with Gasteiger partial charge in [-0.05, 0) is 36.6 Å². The van der Waals surface area contributed by atoms with Gasteiger partial charge in [0.05, 0.1) is 17.4 Å². The van der Waals surface area contributed by atoms with Crippen LogP contribution in [0.1, 0.15) is 26.3 Å². The number of nitrogens with one attached hydrogen (secondary N) is 1. The molecule has 0 bridgehead atoms. The van der Waals surface area contributed by atoms with Crippen LogP contribution in [-0.4, -0.2) is 23.7 Å². The summed E-state index contributed by atoms with van der Waals surface area (Å²) >= 11 is 0. The minimum absolute atomic E-state index is 0.00397. The van der Waals surface area contributed by atoms with E-state index in [1.807, 2.05) is 50.2 Å². The quantitative estimate of drug-likeness (QED) is 0.784. The third-order valence-corrected chi connectivity index (χ3v) is 4.55. The van der Waals surface area contributed by atoms with E-state index in [0.717, 1.165) is 5.56 Å². The fourth-order valence-corrected chi connectivity index (χ4v) is 2.91. The topological polar surface area (TPSA) is 87.8 Å². The number of amides is 2. The van der Waals surface area contributed by atoms with Crippen LogP contribution in [0.5, 0.6) is 0 Å². The first-order chi connectivity index (χ1) is 13.4. The van der Waals surface area contributed by atoms with E-state index in [1.165, 1.54) is 4.90 Å². The molecule has 3 N–H and O–H groups in total. The Morgan fingerprint density at radius 2 is 1.75 bits per heavy atom. The van der Waals surface area contributed by atoms with E-state index < -0.39 is 6.04 Å². The zero-order valence-corrected chi connectivity index (χ0v) is 16.2. The summed E-state index contributed by atoms with van der Waals surface area (Å²) in [5, 5.41) is 2.84. The van der Waals surface area contributed by atoms with Crippen molar-refractivity contribution >= 4 is 35.1 Å². The van der Waals surface area contributed by atoms with Gasteiger partial charge in [-0.1, -0.05) is 56.3 Å². The molecule has 0 fully saturated rings. The van der Waals surface area contributed by atoms with E-state index in [0.29, 0.717) is 22.9 Å². The lowest BCUT2D eigenvalue weighted by molar-refractivity contribution is -0.118. The van der Waals surface area contributed by atoms with Crippen LogP contribution < -0.4 is 16.0 Å². The molecule has 1 atom stereocenters. The number of hydrogen-bond acceptors (Lipinski definition) is 4. The Balaban J connectivity index is 1.90. The molecule has 1 aliphatic heterocycles. The van der Waals surface area contributed by atoms with Crippen molar-refractivity contribution < 1.29 is 9.59 Å². The highest BCUT2D eigenvalue weighted by Gasteiger charge is 2.31. The number of benzene rings is 2. The Bertz CT molecular complexity index is 948. The average molecular weight is 376 g/mol. The monoisotopic (exact) mass is 376 g/mol. The van der Waals surface area contributed by atoms with Crippen molar-refractivity contribution in [3.63, 3.8) is 0 Å². The molecule has 2 aromatic rings. The highest BCUT2D eigenvalue weighted by atomic mass is 16.2. The number of rotatable bonds is 5. The van der Waals surface area contributed by atoms with E-state index in [2.05, 4.69) is 10.3 Å². The first-order valence-electron chi connectivity index (χ1n) is 9.20. The average Bonchev–Trinajstić information content (AvgIpc) is 2.95. The Morgan fingerprint density at radius 3 is 2.43 bits per heavy atom. The van der Waals surface area contributed by atoms with Crippen molar-refractivity contribution in [3.8, 4) is 0 Å². The molecule has 0 saturated carbocycles. The van der Waals surface area contributed by atoms with E-state index in [-0.39, 0.29) is 17.7 Å². The maximum atomic E-state index is 13.0. The zero-order valence-electron chi connectivity index (χ0n) is 16.2. The number of anilines is 2. The molecule has 1 aliphatic rings. The number of hydrogen-bond donors (Lipinski definition) is 2. The fourth-order valence-electron chi connectivity index (χ4n) is 2.91. The molecule has 2 amide bonds. The maximum Gasteiger partial charge on any atom is 0.282 e. The van der Waals surface area contributed by atoms with Crippen LogP contribution in [0.25, 0.3) is 6.08 Å². The summed E-state index contributed by atoms with van der Waals surface area (Å²) in [4.78, 5) is 31.3. The van der Waals surface area contributed by atoms with Crippen LogP contribution in [-0.2, 0) is 9.59 Å². The molecular formula is C22H24N4O2. The van der Waals surface area contributed by atoms with Gasteiger partial charge in [0.1, 0.15) is 11.5 Å². The van der Waals surface area contributed by atoms with Gasteiger partial charge in [-0.2, -0.15) is 0 Å². The lowest BCUT2D eigenvalue weighted by Gasteiger charge is -2.22. The number of para-hydroxylation sites is 2. The Morgan fingerprint density at radius 1 is 1.11 bits per heavy atom. The van der Waals surface area contributed by atoms with Crippen LogP contribution >= 0.6 is 0 Å². The van der Waals surface area contributed by atoms with Gasteiger partial charge >= 0.3 is 0 Å². The summed E-state index contributed by atoms with van der Waals surface area (Å²) in [5.41, 5.74) is 8.28. The first-order valence-corrected chi connectivity index (χ1v) is 9.20. The highest BCUT2D eigenvalue weighted by molar-refractivity contribution is 6.29. The summed E-state index contributed by atoms with van der Waals surface area (Å²) in [6.07, 6.45) is 1.75. The largest absolute Gasteiger partial charge is 0.323 e. The van der Waals surface area contributed by atoms with Crippen molar-refractivity contribution in [1.29, 1.82) is 0 Å². The van der Waals surface area contributed by atoms with Gasteiger partial charge in [-0.3, -0.25) is 14.5 Å². The molecule has 2 aromatic carbocycles. The van der Waals surface area contributed by atoms with Crippen LogP contribution in [0.15, 0.2) is 65.3 Å². The Labute approximate surface area is 164 Å². The number of carbonyl (C=O) groups is 2. The molecule has 6 nitrogen and oxygen atoms in total. The van der Waals surface area contributed by atoms with Crippen LogP contribution in [0, 0.1) is 5.92 Å². The van der Waals surface area contributed by atoms with Crippen molar-refractivity contribution in [3.05, 3.63) is 65.9 Å². The fraction of sp³-hybridized carbons (Fsp3) is 0.227. The SMILES string of the molecule is CC1=N/C(=C\c2ccccc2)C(=O)N1c1ccccc1NC(=O)C(N)C(C)C. The second kappa shape index (κ2) is 8.19. The van der Waals surface area contributed by atoms with Gasteiger partial charge in [-0.15, -0.1) is 0 Å². The molecule has 3 rings (SSSR count). The van der Waals surface area contributed by atoms with Crippen LogP contribution in [0.2, 0.25) is 0 Å². The standard InChI is InChI=1S/C22H24N4O2/c1-14(2)20(23)21(27)25-17-11-7-8-12-19(17)26-15(3)24-18(22(26)28)13-16-9-5-4-6-10-16/h4-14,20H,23H2,1-3H3,(H,25,27)/b18-13-. The third kappa shape index (κ3) is 4.02. The summed E-state index contributed by atoms with van der Waals surface area (Å²) in [6.45, 7) is 5.54. The number of carbonyl (C=O) groups excluding carboxylic acids is 2. The lowest BCUT2D eigenvalue weighted by atomic mass is 10.0. The second-order valence-electron chi connectivity index (χ2n) is 7.02. The number of amidine groups is 1. The number of aliphatic imine (C=N–C) groups is 1. The first kappa shape index (κ1) is 19.5. The minimum Gasteiger partial charge on any atom is -0.323 e. The van der Waals surface area contributed by atoms with Gasteiger partial charge in [0.2, 0.25) is 5.91 Å². The van der Waals surface area contributed by atoms with Crippen molar-refractivity contribution in [2.45, 2.75) is 26.8 Å². The molecule has 28 heavy (non-hydrogen) atoms. The molecule has 0 saturated heterocycles. The van der Waals surface area contributed by atoms with Crippen LogP contribution in [0.4, 0.5) is 11.4 Å². The van der Waals surface area contributed by atoms with Gasteiger partial charge in [0, 0.05) is 0 Å². The summed E-state index contributed by atoms with van der Waals surface area (Å²) in [5.74, 6) is 0.0197. The van der Waals surface area contributed by atoms with Gasteiger partial charge in [0.25, 0.3) is 5.91 Å². The van der Waals surface area contributed by atoms with Gasteiger partial charge < -0.3 is 11.1 Å². The smallest absolute Gasteiger partial charge is 0.282 e. The van der Waals surface area contributed by atoms with E-state index >= 15 is 0 Å². The minimum atomic E-state index is -0.634. The number of nitrogens with two attached hydrogens (primary N) is 1. The van der Waals surface area contributed by atoms with Crippen LogP contribution in [0.3, 0.4) is 0 Å². The molecule has 6 heteroatoms. The number of nitrogens with zero attached hydrogens (tertiary/aromatic N) is 2. The van der Waals surface area contributed by atoms with Gasteiger partial charge in [-0.25, -0.2) is 4.99 Å². The van der Waals surface area contributed by atoms with Crippen molar-refractivity contribution in [1.82, 2.24) is 0 Å². The second-order valence-corrected chi connectivity index (χ2v) is 7.02. The van der Waals surface area contributed by atoms with E-state index in [1.54, 1.807) is 31.2 Å². The van der Waals surface area contributed by atoms with E-state index in [9.17, 15) is 9.59 Å². The molecule has 1 heterocycles. The summed E-state index contributed by atoms with van der Waals surface area (Å²) < 4.78 is 0. The molecular weight excluding hydrogens is 352 g/mol. The predicted molar refractivity (Wildman–Crippen MR) is 113 cm³/mol. The Kier molecular flexibility index (Phi) is 5.70. The Hall–Kier alpha value is -3.25. The normalized spacial score (nSPS) is 16.5.